The standard InChI is InChI=1S/C9H8FN3/c1-7-2-3-9(11-6-7)13-5-4-8(10)12-13/h2-6H,1H3. The lowest BCUT2D eigenvalue weighted by atomic mass is 10.3. The largest absolute Gasteiger partial charge is 0.237 e. The van der Waals surface area contributed by atoms with E-state index in [0.717, 1.165) is 5.56 Å². The van der Waals surface area contributed by atoms with Crippen LogP contribution in [0.1, 0.15) is 5.56 Å². The molecule has 4 heteroatoms. The summed E-state index contributed by atoms with van der Waals surface area (Å²) in [5.41, 5.74) is 1.07. The molecular weight excluding hydrogens is 169 g/mol. The second-order valence-electron chi connectivity index (χ2n) is 2.78. The van der Waals surface area contributed by atoms with Gasteiger partial charge in [0.15, 0.2) is 5.82 Å². The van der Waals surface area contributed by atoms with Crippen molar-refractivity contribution >= 4 is 0 Å². The van der Waals surface area contributed by atoms with Crippen LogP contribution in [0.4, 0.5) is 4.39 Å². The second kappa shape index (κ2) is 2.97. The molecule has 0 spiro atoms. The number of aryl methyl sites for hydroxylation is 1. The summed E-state index contributed by atoms with van der Waals surface area (Å²) in [4.78, 5) is 4.10. The van der Waals surface area contributed by atoms with Gasteiger partial charge in [0, 0.05) is 18.5 Å². The molecular formula is C9H8FN3. The van der Waals surface area contributed by atoms with Gasteiger partial charge in [0.25, 0.3) is 0 Å². The van der Waals surface area contributed by atoms with Crippen LogP contribution in [-0.2, 0) is 0 Å². The predicted octanol–water partition coefficient (Wildman–Crippen LogP) is 1.71. The maximum atomic E-state index is 12.5. The highest BCUT2D eigenvalue weighted by Crippen LogP contribution is 2.04. The Morgan fingerprint density at radius 3 is 2.69 bits per heavy atom. The van der Waals surface area contributed by atoms with Gasteiger partial charge in [0.05, 0.1) is 0 Å². The number of nitrogens with zero attached hydrogens (tertiary/aromatic N) is 3. The summed E-state index contributed by atoms with van der Waals surface area (Å²) in [6.07, 6.45) is 3.25. The van der Waals surface area contributed by atoms with Crippen molar-refractivity contribution in [1.82, 2.24) is 14.8 Å². The van der Waals surface area contributed by atoms with Crippen LogP contribution >= 0.6 is 0 Å². The van der Waals surface area contributed by atoms with E-state index in [4.69, 9.17) is 0 Å². The van der Waals surface area contributed by atoms with E-state index in [-0.39, 0.29) is 0 Å². The third-order valence-electron chi connectivity index (χ3n) is 1.69. The molecule has 0 aliphatic rings. The van der Waals surface area contributed by atoms with E-state index in [9.17, 15) is 4.39 Å². The molecule has 2 heterocycles. The Hall–Kier alpha value is -1.71. The first-order chi connectivity index (χ1) is 6.25. The molecule has 0 atom stereocenters. The van der Waals surface area contributed by atoms with E-state index in [0.29, 0.717) is 5.82 Å². The van der Waals surface area contributed by atoms with Crippen LogP contribution < -0.4 is 0 Å². The molecule has 0 bridgehead atoms. The zero-order chi connectivity index (χ0) is 9.26. The number of hydrogen-bond donors (Lipinski definition) is 0. The highest BCUT2D eigenvalue weighted by Gasteiger charge is 1.99. The zero-order valence-electron chi connectivity index (χ0n) is 7.11. The zero-order valence-corrected chi connectivity index (χ0v) is 7.11. The summed E-state index contributed by atoms with van der Waals surface area (Å²) in [5.74, 6) is 0.122. The molecule has 2 rings (SSSR count). The molecule has 0 aliphatic heterocycles. The Labute approximate surface area is 74.8 Å². The van der Waals surface area contributed by atoms with E-state index in [1.54, 1.807) is 12.3 Å². The molecule has 0 aliphatic carbocycles. The van der Waals surface area contributed by atoms with E-state index >= 15 is 0 Å². The lowest BCUT2D eigenvalue weighted by molar-refractivity contribution is 0.564. The minimum atomic E-state index is -0.498. The van der Waals surface area contributed by atoms with Crippen LogP contribution in [0, 0.1) is 12.9 Å². The molecule has 0 radical (unpaired) electrons. The number of rotatable bonds is 1. The first-order valence-electron chi connectivity index (χ1n) is 3.90. The number of pyridine rings is 1. The van der Waals surface area contributed by atoms with Crippen molar-refractivity contribution in [2.24, 2.45) is 0 Å². The predicted molar refractivity (Wildman–Crippen MR) is 46.1 cm³/mol. The third kappa shape index (κ3) is 1.56. The minimum absolute atomic E-state index is 0.498. The lowest BCUT2D eigenvalue weighted by Gasteiger charge is -1.98. The van der Waals surface area contributed by atoms with Gasteiger partial charge in [-0.25, -0.2) is 9.67 Å². The summed E-state index contributed by atoms with van der Waals surface area (Å²) in [6.45, 7) is 1.94. The highest BCUT2D eigenvalue weighted by molar-refractivity contribution is 5.23. The molecule has 0 saturated carbocycles. The fourth-order valence-corrected chi connectivity index (χ4v) is 1.02. The van der Waals surface area contributed by atoms with Crippen molar-refractivity contribution in [1.29, 1.82) is 0 Å². The van der Waals surface area contributed by atoms with Gasteiger partial charge in [0.1, 0.15) is 0 Å². The first kappa shape index (κ1) is 7.91. The average molecular weight is 177 g/mol. The molecule has 0 unspecified atom stereocenters. The fraction of sp³-hybridized carbons (Fsp3) is 0.111. The summed E-state index contributed by atoms with van der Waals surface area (Å²) < 4.78 is 13.9. The van der Waals surface area contributed by atoms with Crippen molar-refractivity contribution in [2.45, 2.75) is 6.92 Å². The van der Waals surface area contributed by atoms with Crippen LogP contribution in [0.2, 0.25) is 0 Å². The molecule has 0 aromatic carbocycles. The molecule has 0 fully saturated rings. The summed E-state index contributed by atoms with van der Waals surface area (Å²) >= 11 is 0. The Morgan fingerprint density at radius 2 is 2.15 bits per heavy atom. The van der Waals surface area contributed by atoms with Crippen LogP contribution in [-0.4, -0.2) is 14.8 Å². The molecule has 0 saturated heterocycles. The highest BCUT2D eigenvalue weighted by atomic mass is 19.1. The van der Waals surface area contributed by atoms with Gasteiger partial charge in [-0.15, -0.1) is 5.10 Å². The maximum Gasteiger partial charge on any atom is 0.233 e. The van der Waals surface area contributed by atoms with Crippen LogP contribution in [0.25, 0.3) is 5.82 Å². The van der Waals surface area contributed by atoms with Crippen LogP contribution in [0.15, 0.2) is 30.6 Å². The fourth-order valence-electron chi connectivity index (χ4n) is 1.02. The molecule has 2 aromatic rings. The Morgan fingerprint density at radius 1 is 1.31 bits per heavy atom. The summed E-state index contributed by atoms with van der Waals surface area (Å²) in [5, 5.41) is 3.60. The van der Waals surface area contributed by atoms with Gasteiger partial charge in [-0.2, -0.15) is 4.39 Å². The SMILES string of the molecule is Cc1ccc(-n2ccc(F)n2)nc1. The second-order valence-corrected chi connectivity index (χ2v) is 2.78. The van der Waals surface area contributed by atoms with E-state index in [1.165, 1.54) is 16.9 Å². The molecule has 66 valence electrons. The van der Waals surface area contributed by atoms with E-state index in [2.05, 4.69) is 10.1 Å². The normalized spacial score (nSPS) is 10.3. The van der Waals surface area contributed by atoms with Crippen molar-refractivity contribution in [2.75, 3.05) is 0 Å². The minimum Gasteiger partial charge on any atom is -0.237 e. The average Bonchev–Trinajstić information content (AvgIpc) is 2.53. The molecule has 2 aromatic heterocycles. The first-order valence-corrected chi connectivity index (χ1v) is 3.90. The van der Waals surface area contributed by atoms with Gasteiger partial charge in [-0.3, -0.25) is 0 Å². The summed E-state index contributed by atoms with van der Waals surface area (Å²) in [6, 6.07) is 4.99. The Balaban J connectivity index is 2.41. The van der Waals surface area contributed by atoms with Crippen molar-refractivity contribution in [3.8, 4) is 5.82 Å². The van der Waals surface area contributed by atoms with Crippen LogP contribution in [0.3, 0.4) is 0 Å². The molecule has 0 N–H and O–H groups in total. The molecule has 3 nitrogen and oxygen atoms in total. The quantitative estimate of drug-likeness (QED) is 0.664. The van der Waals surface area contributed by atoms with E-state index in [1.807, 2.05) is 13.0 Å². The number of hydrogen-bond acceptors (Lipinski definition) is 2. The van der Waals surface area contributed by atoms with Gasteiger partial charge < -0.3 is 0 Å². The number of halogens is 1. The molecule has 13 heavy (non-hydrogen) atoms. The lowest BCUT2D eigenvalue weighted by Crippen LogP contribution is -1.97. The van der Waals surface area contributed by atoms with Gasteiger partial charge in [0.2, 0.25) is 5.95 Å². The Kier molecular flexibility index (Phi) is 1.81. The summed E-state index contributed by atoms with van der Waals surface area (Å²) in [7, 11) is 0. The maximum absolute atomic E-state index is 12.5. The van der Waals surface area contributed by atoms with Crippen LogP contribution in [0.5, 0.6) is 0 Å². The Bertz CT molecular complexity index is 405. The number of aromatic nitrogens is 3. The van der Waals surface area contributed by atoms with Crippen molar-refractivity contribution < 1.29 is 4.39 Å². The van der Waals surface area contributed by atoms with E-state index < -0.39 is 5.95 Å². The monoisotopic (exact) mass is 177 g/mol. The third-order valence-corrected chi connectivity index (χ3v) is 1.69. The van der Waals surface area contributed by atoms with Crippen molar-refractivity contribution in [3.05, 3.63) is 42.1 Å². The van der Waals surface area contributed by atoms with Crippen molar-refractivity contribution in [3.63, 3.8) is 0 Å². The van der Waals surface area contributed by atoms with Gasteiger partial charge in [-0.05, 0) is 18.6 Å². The molecule has 0 amide bonds. The van der Waals surface area contributed by atoms with Gasteiger partial charge in [-0.1, -0.05) is 6.07 Å². The van der Waals surface area contributed by atoms with Gasteiger partial charge >= 0.3 is 0 Å². The smallest absolute Gasteiger partial charge is 0.233 e. The topological polar surface area (TPSA) is 30.7 Å².